The van der Waals surface area contributed by atoms with Crippen molar-refractivity contribution in [3.63, 3.8) is 0 Å². The second-order valence-corrected chi connectivity index (χ2v) is 8.62. The zero-order valence-corrected chi connectivity index (χ0v) is 16.4. The van der Waals surface area contributed by atoms with Gasteiger partial charge in [0, 0.05) is 12.8 Å². The largest absolute Gasteiger partial charge is 0.462 e. The van der Waals surface area contributed by atoms with Gasteiger partial charge in [0.15, 0.2) is 0 Å². The fourth-order valence-corrected chi connectivity index (χ4v) is 3.07. The van der Waals surface area contributed by atoms with Crippen molar-refractivity contribution < 1.29 is 19.1 Å². The Morgan fingerprint density at radius 1 is 0.958 bits per heavy atom. The van der Waals surface area contributed by atoms with E-state index in [2.05, 4.69) is 20.8 Å². The molecule has 1 fully saturated rings. The molecular formula is C20H36O4. The average molecular weight is 341 g/mol. The molecule has 1 rings (SSSR count). The van der Waals surface area contributed by atoms with Crippen molar-refractivity contribution >= 4 is 11.9 Å². The fourth-order valence-electron chi connectivity index (χ4n) is 3.07. The molecule has 4 nitrogen and oxygen atoms in total. The third-order valence-corrected chi connectivity index (χ3v) is 5.22. The molecule has 0 saturated heterocycles. The molecule has 4 heteroatoms. The van der Waals surface area contributed by atoms with Crippen LogP contribution < -0.4 is 0 Å². The lowest BCUT2D eigenvalue weighted by atomic mass is 9.72. The van der Waals surface area contributed by atoms with Crippen LogP contribution in [0.15, 0.2) is 0 Å². The second kappa shape index (κ2) is 9.43. The Kier molecular flexibility index (Phi) is 8.24. The normalized spacial score (nSPS) is 23.0. The van der Waals surface area contributed by atoms with E-state index in [1.807, 2.05) is 20.8 Å². The van der Waals surface area contributed by atoms with Crippen LogP contribution in [-0.2, 0) is 19.1 Å². The van der Waals surface area contributed by atoms with Crippen molar-refractivity contribution in [3.8, 4) is 0 Å². The summed E-state index contributed by atoms with van der Waals surface area (Å²) in [6.45, 7) is 12.8. The number of esters is 2. The van der Waals surface area contributed by atoms with Gasteiger partial charge in [0.2, 0.25) is 0 Å². The first kappa shape index (κ1) is 21.0. The van der Waals surface area contributed by atoms with Crippen LogP contribution in [0.2, 0.25) is 0 Å². The van der Waals surface area contributed by atoms with E-state index < -0.39 is 0 Å². The molecule has 0 N–H and O–H groups in total. The topological polar surface area (TPSA) is 52.6 Å². The summed E-state index contributed by atoms with van der Waals surface area (Å²) >= 11 is 0. The quantitative estimate of drug-likeness (QED) is 0.619. The lowest BCUT2D eigenvalue weighted by molar-refractivity contribution is -0.152. The highest BCUT2D eigenvalue weighted by molar-refractivity contribution is 5.72. The molecule has 140 valence electrons. The number of hydrogen-bond donors (Lipinski definition) is 0. The van der Waals surface area contributed by atoms with Gasteiger partial charge in [-0.05, 0) is 56.3 Å². The van der Waals surface area contributed by atoms with Crippen LogP contribution in [-0.4, -0.2) is 24.1 Å². The molecule has 1 atom stereocenters. The van der Waals surface area contributed by atoms with Crippen LogP contribution in [0.25, 0.3) is 0 Å². The van der Waals surface area contributed by atoms with Crippen molar-refractivity contribution in [2.75, 3.05) is 0 Å². The third kappa shape index (κ3) is 7.67. The van der Waals surface area contributed by atoms with Gasteiger partial charge < -0.3 is 9.47 Å². The SMILES string of the molecule is CC(C)C(C)OC(=O)CCCC(=O)OC1CCC(C(C)(C)C)CC1. The summed E-state index contributed by atoms with van der Waals surface area (Å²) in [5, 5.41) is 0. The Balaban J connectivity index is 2.18. The van der Waals surface area contributed by atoms with Gasteiger partial charge in [-0.1, -0.05) is 34.6 Å². The van der Waals surface area contributed by atoms with Gasteiger partial charge in [-0.15, -0.1) is 0 Å². The predicted octanol–water partition coefficient (Wildman–Crippen LogP) is 4.89. The van der Waals surface area contributed by atoms with E-state index in [9.17, 15) is 9.59 Å². The summed E-state index contributed by atoms with van der Waals surface area (Å²) in [4.78, 5) is 23.6. The first-order valence-corrected chi connectivity index (χ1v) is 9.48. The van der Waals surface area contributed by atoms with Crippen molar-refractivity contribution in [1.29, 1.82) is 0 Å². The molecule has 0 spiro atoms. The summed E-state index contributed by atoms with van der Waals surface area (Å²) in [5.41, 5.74) is 0.336. The van der Waals surface area contributed by atoms with Gasteiger partial charge in [-0.2, -0.15) is 0 Å². The number of carbonyl (C=O) groups is 2. The van der Waals surface area contributed by atoms with E-state index in [0.717, 1.165) is 25.7 Å². The maximum absolute atomic E-state index is 11.9. The van der Waals surface area contributed by atoms with Crippen molar-refractivity contribution in [1.82, 2.24) is 0 Å². The van der Waals surface area contributed by atoms with Gasteiger partial charge in [-0.3, -0.25) is 9.59 Å². The minimum Gasteiger partial charge on any atom is -0.462 e. The second-order valence-electron chi connectivity index (χ2n) is 8.62. The van der Waals surface area contributed by atoms with Gasteiger partial charge in [0.1, 0.15) is 12.2 Å². The van der Waals surface area contributed by atoms with E-state index in [1.54, 1.807) is 0 Å². The monoisotopic (exact) mass is 340 g/mol. The Morgan fingerprint density at radius 3 is 2.00 bits per heavy atom. The molecule has 0 amide bonds. The lowest BCUT2D eigenvalue weighted by Gasteiger charge is -2.36. The van der Waals surface area contributed by atoms with Crippen LogP contribution in [0.1, 0.15) is 86.5 Å². The van der Waals surface area contributed by atoms with Gasteiger partial charge >= 0.3 is 11.9 Å². The predicted molar refractivity (Wildman–Crippen MR) is 95.5 cm³/mol. The summed E-state index contributed by atoms with van der Waals surface area (Å²) in [5.74, 6) is 0.612. The van der Waals surface area contributed by atoms with Crippen LogP contribution in [0.5, 0.6) is 0 Å². The minimum atomic E-state index is -0.227. The highest BCUT2D eigenvalue weighted by atomic mass is 16.5. The third-order valence-electron chi connectivity index (χ3n) is 5.22. The number of hydrogen-bond acceptors (Lipinski definition) is 4. The van der Waals surface area contributed by atoms with Crippen LogP contribution in [0, 0.1) is 17.3 Å². The molecule has 0 heterocycles. The number of rotatable bonds is 7. The van der Waals surface area contributed by atoms with E-state index >= 15 is 0 Å². The minimum absolute atomic E-state index is 0.0593. The van der Waals surface area contributed by atoms with Crippen LogP contribution in [0.3, 0.4) is 0 Å². The molecule has 0 radical (unpaired) electrons. The Morgan fingerprint density at radius 2 is 1.50 bits per heavy atom. The van der Waals surface area contributed by atoms with Crippen molar-refractivity contribution in [3.05, 3.63) is 0 Å². The lowest BCUT2D eigenvalue weighted by Crippen LogP contribution is -2.30. The Labute approximate surface area is 147 Å². The number of carbonyl (C=O) groups excluding carboxylic acids is 2. The zero-order chi connectivity index (χ0) is 18.3. The summed E-state index contributed by atoms with van der Waals surface area (Å²) in [6.07, 6.45) is 5.23. The first-order valence-electron chi connectivity index (χ1n) is 9.48. The molecule has 0 aliphatic heterocycles. The van der Waals surface area contributed by atoms with E-state index in [0.29, 0.717) is 30.1 Å². The molecule has 1 unspecified atom stereocenters. The first-order chi connectivity index (χ1) is 11.1. The standard InChI is InChI=1S/C20H36O4/c1-14(2)15(3)23-18(21)8-7-9-19(22)24-17-12-10-16(11-13-17)20(4,5)6/h14-17H,7-13H2,1-6H3. The number of ether oxygens (including phenoxy) is 2. The van der Waals surface area contributed by atoms with Crippen molar-refractivity contribution in [2.45, 2.75) is 98.7 Å². The molecule has 1 aliphatic carbocycles. The molecule has 0 aromatic heterocycles. The molecule has 1 saturated carbocycles. The Bertz CT molecular complexity index is 400. The van der Waals surface area contributed by atoms with Gasteiger partial charge in [0.05, 0.1) is 0 Å². The molecule has 0 aromatic rings. The highest BCUT2D eigenvalue weighted by Gasteiger charge is 2.31. The van der Waals surface area contributed by atoms with Gasteiger partial charge in [0.25, 0.3) is 0 Å². The van der Waals surface area contributed by atoms with Gasteiger partial charge in [-0.25, -0.2) is 0 Å². The molecule has 1 aliphatic rings. The smallest absolute Gasteiger partial charge is 0.306 e. The summed E-state index contributed by atoms with van der Waals surface area (Å²) < 4.78 is 10.9. The molecule has 0 bridgehead atoms. The van der Waals surface area contributed by atoms with E-state index in [4.69, 9.17) is 9.47 Å². The maximum atomic E-state index is 11.9. The van der Waals surface area contributed by atoms with Crippen LogP contribution >= 0.6 is 0 Å². The highest BCUT2D eigenvalue weighted by Crippen LogP contribution is 2.38. The van der Waals surface area contributed by atoms with E-state index in [1.165, 1.54) is 0 Å². The fraction of sp³-hybridized carbons (Fsp3) is 0.900. The Hall–Kier alpha value is -1.06. The summed E-state index contributed by atoms with van der Waals surface area (Å²) in [7, 11) is 0. The van der Waals surface area contributed by atoms with E-state index in [-0.39, 0.29) is 30.6 Å². The average Bonchev–Trinajstić information content (AvgIpc) is 2.46. The van der Waals surface area contributed by atoms with Crippen LogP contribution in [0.4, 0.5) is 0 Å². The molecular weight excluding hydrogens is 304 g/mol. The van der Waals surface area contributed by atoms with Crippen molar-refractivity contribution in [2.24, 2.45) is 17.3 Å². The molecule has 24 heavy (non-hydrogen) atoms. The zero-order valence-electron chi connectivity index (χ0n) is 16.4. The summed E-state index contributed by atoms with van der Waals surface area (Å²) in [6, 6.07) is 0. The molecule has 0 aromatic carbocycles. The maximum Gasteiger partial charge on any atom is 0.306 e.